The van der Waals surface area contributed by atoms with E-state index in [2.05, 4.69) is 25.1 Å². The van der Waals surface area contributed by atoms with Crippen molar-refractivity contribution in [2.45, 2.75) is 31.8 Å². The van der Waals surface area contributed by atoms with Crippen molar-refractivity contribution < 1.29 is 14.6 Å². The first-order valence-corrected chi connectivity index (χ1v) is 11.1. The number of carbonyl (C=O) groups is 1. The second-order valence-corrected chi connectivity index (χ2v) is 8.41. The molecular formula is C22H28ClN5O3. The van der Waals surface area contributed by atoms with Gasteiger partial charge in [-0.05, 0) is 43.0 Å². The Bertz CT molecular complexity index is 887. The fourth-order valence-corrected chi connectivity index (χ4v) is 4.08. The largest absolute Gasteiger partial charge is 0.489 e. The molecule has 8 nitrogen and oxygen atoms in total. The Morgan fingerprint density at radius 1 is 1.13 bits per heavy atom. The number of carbonyl (C=O) groups excluding carboxylic acids is 1. The zero-order chi connectivity index (χ0) is 21.6. The van der Waals surface area contributed by atoms with Crippen molar-refractivity contribution in [2.75, 3.05) is 49.5 Å². The third-order valence-electron chi connectivity index (χ3n) is 5.73. The van der Waals surface area contributed by atoms with Gasteiger partial charge in [0, 0.05) is 49.9 Å². The van der Waals surface area contributed by atoms with E-state index >= 15 is 0 Å². The maximum absolute atomic E-state index is 12.2. The highest BCUT2D eigenvalue weighted by Crippen LogP contribution is 2.23. The lowest BCUT2D eigenvalue weighted by Gasteiger charge is -2.29. The molecule has 2 aliphatic heterocycles. The zero-order valence-electron chi connectivity index (χ0n) is 17.5. The molecular weight excluding hydrogens is 418 g/mol. The molecule has 0 radical (unpaired) electrons. The van der Waals surface area contributed by atoms with Gasteiger partial charge in [0.25, 0.3) is 0 Å². The third-order valence-corrected chi connectivity index (χ3v) is 5.97. The lowest BCUT2D eigenvalue weighted by atomic mass is 10.1. The van der Waals surface area contributed by atoms with Crippen LogP contribution in [0.5, 0.6) is 5.75 Å². The Balaban J connectivity index is 1.28. The fraction of sp³-hybridized carbons (Fsp3) is 0.500. The van der Waals surface area contributed by atoms with Crippen molar-refractivity contribution in [1.29, 1.82) is 0 Å². The van der Waals surface area contributed by atoms with Crippen molar-refractivity contribution in [3.05, 3.63) is 41.2 Å². The number of nitrogens with zero attached hydrogens (tertiary/aromatic N) is 4. The van der Waals surface area contributed by atoms with Crippen molar-refractivity contribution >= 4 is 29.1 Å². The molecule has 31 heavy (non-hydrogen) atoms. The van der Waals surface area contributed by atoms with Gasteiger partial charge >= 0.3 is 0 Å². The number of ether oxygens (including phenoxy) is 1. The molecule has 166 valence electrons. The van der Waals surface area contributed by atoms with E-state index in [1.54, 1.807) is 18.5 Å². The topological polar surface area (TPSA) is 90.8 Å². The van der Waals surface area contributed by atoms with Crippen LogP contribution in [0.25, 0.3) is 0 Å². The number of hydrogen-bond acceptors (Lipinski definition) is 7. The maximum Gasteiger partial charge on any atom is 0.225 e. The van der Waals surface area contributed by atoms with Gasteiger partial charge in [0.15, 0.2) is 5.75 Å². The average Bonchev–Trinajstić information content (AvgIpc) is 2.84. The van der Waals surface area contributed by atoms with E-state index in [4.69, 9.17) is 16.3 Å². The maximum atomic E-state index is 12.2. The molecule has 1 fully saturated rings. The summed E-state index contributed by atoms with van der Waals surface area (Å²) < 4.78 is 5.84. The molecule has 2 aromatic rings. The average molecular weight is 446 g/mol. The first kappa shape index (κ1) is 21.8. The van der Waals surface area contributed by atoms with Crippen LogP contribution in [0.3, 0.4) is 0 Å². The van der Waals surface area contributed by atoms with Gasteiger partial charge in [-0.1, -0.05) is 11.6 Å². The van der Waals surface area contributed by atoms with Crippen LogP contribution in [-0.2, 0) is 11.2 Å². The van der Waals surface area contributed by atoms with Gasteiger partial charge in [-0.25, -0.2) is 9.97 Å². The summed E-state index contributed by atoms with van der Waals surface area (Å²) >= 11 is 6.13. The van der Waals surface area contributed by atoms with Crippen molar-refractivity contribution in [1.82, 2.24) is 14.9 Å². The number of nitrogens with one attached hydrogen (secondary N) is 1. The number of fused-ring (bicyclic) bond motifs is 1. The fourth-order valence-electron chi connectivity index (χ4n) is 3.88. The van der Waals surface area contributed by atoms with E-state index in [-0.39, 0.29) is 12.0 Å². The normalized spacial score (nSPS) is 18.5. The Kier molecular flexibility index (Phi) is 7.21. The number of aliphatic hydroxyl groups excluding tert-OH is 1. The lowest BCUT2D eigenvalue weighted by Crippen LogP contribution is -2.36. The van der Waals surface area contributed by atoms with E-state index in [1.807, 2.05) is 12.1 Å². The molecule has 0 unspecified atom stereocenters. The Labute approximate surface area is 187 Å². The molecule has 1 aromatic carbocycles. The lowest BCUT2D eigenvalue weighted by molar-refractivity contribution is -0.116. The molecule has 1 aromatic heterocycles. The number of amides is 1. The number of hydrogen-bond donors (Lipinski definition) is 2. The number of anilines is 2. The summed E-state index contributed by atoms with van der Waals surface area (Å²) in [6.45, 7) is 4.21. The smallest absolute Gasteiger partial charge is 0.225 e. The highest BCUT2D eigenvalue weighted by atomic mass is 35.5. The summed E-state index contributed by atoms with van der Waals surface area (Å²) in [6, 6.07) is 5.58. The summed E-state index contributed by atoms with van der Waals surface area (Å²) in [7, 11) is 0. The number of rotatable bonds is 5. The molecule has 3 heterocycles. The molecule has 1 saturated heterocycles. The van der Waals surface area contributed by atoms with E-state index in [0.717, 1.165) is 50.1 Å². The van der Waals surface area contributed by atoms with Crippen molar-refractivity contribution in [3.8, 4) is 5.75 Å². The van der Waals surface area contributed by atoms with Gasteiger partial charge in [0.2, 0.25) is 11.9 Å². The van der Waals surface area contributed by atoms with Crippen LogP contribution in [-0.4, -0.2) is 71.3 Å². The van der Waals surface area contributed by atoms with Gasteiger partial charge < -0.3 is 20.1 Å². The van der Waals surface area contributed by atoms with Crippen LogP contribution in [0, 0.1) is 0 Å². The summed E-state index contributed by atoms with van der Waals surface area (Å²) in [6.07, 6.45) is 5.89. The predicted octanol–water partition coefficient (Wildman–Crippen LogP) is 2.36. The van der Waals surface area contributed by atoms with E-state index < -0.39 is 0 Å². The van der Waals surface area contributed by atoms with Crippen LogP contribution in [0.4, 0.5) is 11.6 Å². The Morgan fingerprint density at radius 3 is 2.65 bits per heavy atom. The first-order chi connectivity index (χ1) is 15.1. The summed E-state index contributed by atoms with van der Waals surface area (Å²) in [5.41, 5.74) is 1.89. The van der Waals surface area contributed by atoms with Gasteiger partial charge in [-0.3, -0.25) is 9.69 Å². The first-order valence-electron chi connectivity index (χ1n) is 10.8. The van der Waals surface area contributed by atoms with Gasteiger partial charge in [-0.15, -0.1) is 0 Å². The zero-order valence-corrected chi connectivity index (χ0v) is 18.2. The summed E-state index contributed by atoms with van der Waals surface area (Å²) in [5, 5.41) is 13.3. The summed E-state index contributed by atoms with van der Waals surface area (Å²) in [5.74, 6) is 1.30. The summed E-state index contributed by atoms with van der Waals surface area (Å²) in [4.78, 5) is 25.3. The Morgan fingerprint density at radius 2 is 1.87 bits per heavy atom. The highest BCUT2D eigenvalue weighted by molar-refractivity contribution is 6.30. The van der Waals surface area contributed by atoms with Crippen LogP contribution < -0.4 is 15.0 Å². The van der Waals surface area contributed by atoms with E-state index in [0.29, 0.717) is 42.8 Å². The SMILES string of the molecule is O=C1CCN(CCOc2cnc(N3CCC(O)CC3)nc2)CCc2cc(Cl)ccc2N1. The van der Waals surface area contributed by atoms with Crippen LogP contribution >= 0.6 is 11.6 Å². The monoisotopic (exact) mass is 445 g/mol. The number of aromatic nitrogens is 2. The van der Waals surface area contributed by atoms with Gasteiger partial charge in [0.05, 0.1) is 18.5 Å². The third kappa shape index (κ3) is 6.06. The predicted molar refractivity (Wildman–Crippen MR) is 120 cm³/mol. The number of halogens is 1. The number of benzene rings is 1. The standard InChI is InChI=1S/C22H28ClN5O3/c23-17-1-2-20-16(13-17)3-7-27(8-6-21(30)26-20)11-12-31-19-14-24-22(25-15-19)28-9-4-18(29)5-10-28/h1-2,13-15,18,29H,3-12H2,(H,26,30). The quantitative estimate of drug-likeness (QED) is 0.730. The highest BCUT2D eigenvalue weighted by Gasteiger charge is 2.19. The minimum absolute atomic E-state index is 0.00520. The van der Waals surface area contributed by atoms with Crippen LogP contribution in [0.2, 0.25) is 5.02 Å². The molecule has 0 aliphatic carbocycles. The van der Waals surface area contributed by atoms with Crippen LogP contribution in [0.1, 0.15) is 24.8 Å². The minimum Gasteiger partial charge on any atom is -0.489 e. The van der Waals surface area contributed by atoms with Gasteiger partial charge in [0.1, 0.15) is 6.61 Å². The second kappa shape index (κ2) is 10.3. The molecule has 1 amide bonds. The Hall–Kier alpha value is -2.42. The number of aliphatic hydroxyl groups is 1. The molecule has 0 spiro atoms. The van der Waals surface area contributed by atoms with E-state index in [9.17, 15) is 9.90 Å². The van der Waals surface area contributed by atoms with Crippen molar-refractivity contribution in [3.63, 3.8) is 0 Å². The van der Waals surface area contributed by atoms with Gasteiger partial charge in [-0.2, -0.15) is 0 Å². The number of piperidine rings is 1. The molecule has 9 heteroatoms. The minimum atomic E-state index is -0.219. The molecule has 4 rings (SSSR count). The molecule has 0 atom stereocenters. The molecule has 0 saturated carbocycles. The molecule has 2 N–H and O–H groups in total. The van der Waals surface area contributed by atoms with E-state index in [1.165, 1.54) is 0 Å². The van der Waals surface area contributed by atoms with Crippen molar-refractivity contribution in [2.24, 2.45) is 0 Å². The molecule has 2 aliphatic rings. The second-order valence-electron chi connectivity index (χ2n) is 7.98. The molecule has 0 bridgehead atoms. The van der Waals surface area contributed by atoms with Crippen LogP contribution in [0.15, 0.2) is 30.6 Å².